The van der Waals surface area contributed by atoms with E-state index in [4.69, 9.17) is 0 Å². The van der Waals surface area contributed by atoms with Gasteiger partial charge in [-0.2, -0.15) is 0 Å². The molecule has 1 aliphatic carbocycles. The van der Waals surface area contributed by atoms with Crippen molar-refractivity contribution in [1.29, 1.82) is 0 Å². The van der Waals surface area contributed by atoms with Crippen molar-refractivity contribution >= 4 is 17.5 Å². The van der Waals surface area contributed by atoms with Gasteiger partial charge in [0.05, 0.1) is 5.69 Å². The molecule has 1 atom stereocenters. The largest absolute Gasteiger partial charge is 0.342 e. The van der Waals surface area contributed by atoms with E-state index in [1.807, 2.05) is 0 Å². The van der Waals surface area contributed by atoms with E-state index >= 15 is 0 Å². The Morgan fingerprint density at radius 3 is 2.50 bits per heavy atom. The monoisotopic (exact) mass is 284 g/mol. The van der Waals surface area contributed by atoms with Crippen LogP contribution in [-0.2, 0) is 9.59 Å². The van der Waals surface area contributed by atoms with E-state index in [2.05, 4.69) is 5.32 Å². The number of hydrogen-bond donors (Lipinski definition) is 1. The number of amides is 2. The summed E-state index contributed by atoms with van der Waals surface area (Å²) >= 11 is 0. The van der Waals surface area contributed by atoms with Gasteiger partial charge < -0.3 is 5.32 Å². The van der Waals surface area contributed by atoms with Crippen LogP contribution in [0.3, 0.4) is 0 Å². The summed E-state index contributed by atoms with van der Waals surface area (Å²) in [6.45, 7) is -0.443. The van der Waals surface area contributed by atoms with Crippen molar-refractivity contribution in [3.8, 4) is 0 Å². The van der Waals surface area contributed by atoms with Gasteiger partial charge in [0.1, 0.15) is 18.4 Å². The zero-order valence-electron chi connectivity index (χ0n) is 10.3. The fourth-order valence-electron chi connectivity index (χ4n) is 2.36. The smallest absolute Gasteiger partial charge is 0.250 e. The van der Waals surface area contributed by atoms with Crippen LogP contribution in [0, 0.1) is 23.4 Å². The highest BCUT2D eigenvalue weighted by Gasteiger charge is 2.43. The number of anilines is 1. The minimum Gasteiger partial charge on any atom is -0.342 e. The van der Waals surface area contributed by atoms with E-state index in [1.165, 1.54) is 0 Å². The summed E-state index contributed by atoms with van der Waals surface area (Å²) in [5.74, 6) is -4.69. The summed E-state index contributed by atoms with van der Waals surface area (Å²) in [7, 11) is 0. The second kappa shape index (κ2) is 4.50. The number of carbonyl (C=O) groups is 2. The number of benzene rings is 1. The Hall–Kier alpha value is -2.05. The average molecular weight is 284 g/mol. The lowest BCUT2D eigenvalue weighted by Crippen LogP contribution is -2.59. The van der Waals surface area contributed by atoms with Crippen molar-refractivity contribution in [1.82, 2.24) is 5.32 Å². The number of nitrogens with one attached hydrogen (secondary N) is 1. The Morgan fingerprint density at radius 1 is 1.15 bits per heavy atom. The third kappa shape index (κ3) is 2.13. The Labute approximate surface area is 112 Å². The van der Waals surface area contributed by atoms with Crippen molar-refractivity contribution in [2.45, 2.75) is 18.9 Å². The lowest BCUT2D eigenvalue weighted by atomic mass is 10.1. The number of rotatable bonds is 2. The molecule has 1 N–H and O–H groups in total. The van der Waals surface area contributed by atoms with Crippen molar-refractivity contribution < 1.29 is 22.8 Å². The number of carbonyl (C=O) groups excluding carboxylic acids is 2. The zero-order valence-corrected chi connectivity index (χ0v) is 10.3. The van der Waals surface area contributed by atoms with Crippen LogP contribution in [-0.4, -0.2) is 24.4 Å². The molecule has 0 aromatic heterocycles. The molecule has 2 amide bonds. The minimum atomic E-state index is -1.39. The minimum absolute atomic E-state index is 0.0238. The predicted octanol–water partition coefficient (Wildman–Crippen LogP) is 1.35. The molecule has 1 aliphatic heterocycles. The van der Waals surface area contributed by atoms with Crippen molar-refractivity contribution in [2.75, 3.05) is 11.4 Å². The molecule has 106 valence electrons. The molecular weight excluding hydrogens is 273 g/mol. The lowest BCUT2D eigenvalue weighted by Gasteiger charge is -2.32. The quantitative estimate of drug-likeness (QED) is 0.833. The van der Waals surface area contributed by atoms with Crippen LogP contribution in [0.25, 0.3) is 0 Å². The van der Waals surface area contributed by atoms with E-state index in [0.29, 0.717) is 6.07 Å². The van der Waals surface area contributed by atoms with E-state index in [0.717, 1.165) is 23.8 Å². The van der Waals surface area contributed by atoms with Gasteiger partial charge >= 0.3 is 0 Å². The third-order valence-corrected chi connectivity index (χ3v) is 3.51. The maximum atomic E-state index is 13.7. The first-order chi connectivity index (χ1) is 9.47. The first-order valence-corrected chi connectivity index (χ1v) is 6.22. The molecule has 20 heavy (non-hydrogen) atoms. The molecule has 0 spiro atoms. The molecular formula is C13H11F3N2O2. The summed E-state index contributed by atoms with van der Waals surface area (Å²) in [4.78, 5) is 24.6. The summed E-state index contributed by atoms with van der Waals surface area (Å²) in [6.07, 6.45) is 1.59. The van der Waals surface area contributed by atoms with Gasteiger partial charge in [-0.05, 0) is 18.8 Å². The molecule has 3 rings (SSSR count). The summed E-state index contributed by atoms with van der Waals surface area (Å²) in [5, 5.41) is 2.54. The van der Waals surface area contributed by atoms with Crippen LogP contribution < -0.4 is 10.2 Å². The topological polar surface area (TPSA) is 49.4 Å². The lowest BCUT2D eigenvalue weighted by molar-refractivity contribution is -0.131. The third-order valence-electron chi connectivity index (χ3n) is 3.51. The molecule has 1 heterocycles. The van der Waals surface area contributed by atoms with Gasteiger partial charge in [0, 0.05) is 12.1 Å². The average Bonchev–Trinajstić information content (AvgIpc) is 3.20. The Balaban J connectivity index is 1.99. The molecule has 1 saturated heterocycles. The molecule has 7 heteroatoms. The fraction of sp³-hybridized carbons (Fsp3) is 0.385. The molecule has 0 radical (unpaired) electrons. The van der Waals surface area contributed by atoms with Crippen molar-refractivity contribution in [3.05, 3.63) is 29.6 Å². The highest BCUT2D eigenvalue weighted by molar-refractivity contribution is 6.06. The molecule has 1 unspecified atom stereocenters. The second-order valence-electron chi connectivity index (χ2n) is 5.03. The van der Waals surface area contributed by atoms with E-state index in [-0.39, 0.29) is 5.92 Å². The molecule has 1 saturated carbocycles. The van der Waals surface area contributed by atoms with Crippen LogP contribution in [0.4, 0.5) is 18.9 Å². The number of nitrogens with zero attached hydrogens (tertiary/aromatic N) is 1. The van der Waals surface area contributed by atoms with Gasteiger partial charge in [-0.3, -0.25) is 14.5 Å². The maximum Gasteiger partial charge on any atom is 0.250 e. The second-order valence-corrected chi connectivity index (χ2v) is 5.03. The highest BCUT2D eigenvalue weighted by atomic mass is 19.2. The standard InChI is InChI=1S/C13H11F3N2O2/c14-7-3-8(15)11(16)9(4-7)18-5-10(19)17-12(13(18)20)6-1-2-6/h3-4,6,12H,1-2,5H2,(H,17,19). The van der Waals surface area contributed by atoms with Crippen LogP contribution in [0.2, 0.25) is 0 Å². The molecule has 1 aromatic carbocycles. The normalized spacial score (nSPS) is 22.9. The Bertz CT molecular complexity index is 602. The SMILES string of the molecule is O=C1CN(c2cc(F)cc(F)c2F)C(=O)C(C2CC2)N1. The number of halogens is 3. The van der Waals surface area contributed by atoms with Crippen molar-refractivity contribution in [2.24, 2.45) is 5.92 Å². The molecule has 1 aromatic rings. The zero-order chi connectivity index (χ0) is 14.4. The summed E-state index contributed by atoms with van der Waals surface area (Å²) in [6, 6.07) is 0.381. The van der Waals surface area contributed by atoms with Gasteiger partial charge in [0.2, 0.25) is 11.8 Å². The molecule has 4 nitrogen and oxygen atoms in total. The Morgan fingerprint density at radius 2 is 1.85 bits per heavy atom. The molecule has 2 fully saturated rings. The number of hydrogen-bond acceptors (Lipinski definition) is 2. The summed E-state index contributed by atoms with van der Waals surface area (Å²) < 4.78 is 40.2. The van der Waals surface area contributed by atoms with Crippen LogP contribution in [0.15, 0.2) is 12.1 Å². The first kappa shape index (κ1) is 13.0. The van der Waals surface area contributed by atoms with Gasteiger partial charge in [-0.25, -0.2) is 13.2 Å². The van der Waals surface area contributed by atoms with Gasteiger partial charge in [-0.15, -0.1) is 0 Å². The van der Waals surface area contributed by atoms with Crippen molar-refractivity contribution in [3.63, 3.8) is 0 Å². The van der Waals surface area contributed by atoms with Crippen LogP contribution in [0.1, 0.15) is 12.8 Å². The van der Waals surface area contributed by atoms with Gasteiger partial charge in [-0.1, -0.05) is 0 Å². The number of piperazine rings is 1. The predicted molar refractivity (Wildman–Crippen MR) is 63.3 cm³/mol. The van der Waals surface area contributed by atoms with E-state index in [9.17, 15) is 22.8 Å². The molecule has 0 bridgehead atoms. The van der Waals surface area contributed by atoms with Gasteiger partial charge in [0.25, 0.3) is 0 Å². The maximum absolute atomic E-state index is 13.7. The van der Waals surface area contributed by atoms with Crippen LogP contribution in [0.5, 0.6) is 0 Å². The van der Waals surface area contributed by atoms with Gasteiger partial charge in [0.15, 0.2) is 11.6 Å². The Kier molecular flexibility index (Phi) is 2.92. The summed E-state index contributed by atoms with van der Waals surface area (Å²) in [5.41, 5.74) is -0.534. The fourth-order valence-corrected chi connectivity index (χ4v) is 2.36. The van der Waals surface area contributed by atoms with Crippen LogP contribution >= 0.6 is 0 Å². The molecule has 2 aliphatic rings. The van der Waals surface area contributed by atoms with E-state index < -0.39 is 47.5 Å². The highest BCUT2D eigenvalue weighted by Crippen LogP contribution is 2.35. The van der Waals surface area contributed by atoms with E-state index in [1.54, 1.807) is 0 Å². The first-order valence-electron chi connectivity index (χ1n) is 6.22.